The zero-order valence-corrected chi connectivity index (χ0v) is 23.5. The summed E-state index contributed by atoms with van der Waals surface area (Å²) >= 11 is 0. The summed E-state index contributed by atoms with van der Waals surface area (Å²) in [6.07, 6.45) is 1.15. The molecule has 1 heterocycles. The summed E-state index contributed by atoms with van der Waals surface area (Å²) in [6, 6.07) is 21.9. The molecule has 8 heteroatoms. The highest BCUT2D eigenvalue weighted by atomic mass is 16.5. The van der Waals surface area contributed by atoms with Gasteiger partial charge in [0.05, 0.1) is 12.6 Å². The Hall–Kier alpha value is -3.88. The van der Waals surface area contributed by atoms with E-state index in [1.807, 2.05) is 59.2 Å². The van der Waals surface area contributed by atoms with Gasteiger partial charge in [-0.3, -0.25) is 14.5 Å². The zero-order chi connectivity index (χ0) is 28.5. The minimum atomic E-state index is -0.738. The van der Waals surface area contributed by atoms with Crippen LogP contribution in [0.3, 0.4) is 0 Å². The van der Waals surface area contributed by atoms with E-state index in [0.717, 1.165) is 41.1 Å². The van der Waals surface area contributed by atoms with Crippen LogP contribution in [-0.4, -0.2) is 65.5 Å². The molecule has 4 rings (SSSR count). The highest BCUT2D eigenvalue weighted by molar-refractivity contribution is 5.92. The molecule has 2 amide bonds. The summed E-state index contributed by atoms with van der Waals surface area (Å²) in [7, 11) is 0. The van der Waals surface area contributed by atoms with Crippen LogP contribution in [0.2, 0.25) is 0 Å². The molecule has 0 unspecified atom stereocenters. The molecule has 40 heavy (non-hydrogen) atoms. The molecule has 0 fully saturated rings. The van der Waals surface area contributed by atoms with Gasteiger partial charge in [0.2, 0.25) is 11.8 Å². The molecule has 212 valence electrons. The van der Waals surface area contributed by atoms with E-state index in [0.29, 0.717) is 45.8 Å². The number of phenolic OH excluding ortho intramolecular Hbond substituents is 1. The Kier molecular flexibility index (Phi) is 10.2. The van der Waals surface area contributed by atoms with Gasteiger partial charge in [0.25, 0.3) is 0 Å². The number of rotatable bonds is 7. The van der Waals surface area contributed by atoms with Crippen molar-refractivity contribution in [2.45, 2.75) is 45.8 Å². The van der Waals surface area contributed by atoms with Crippen molar-refractivity contribution in [3.63, 3.8) is 0 Å². The first-order valence-corrected chi connectivity index (χ1v) is 14.0. The van der Waals surface area contributed by atoms with Crippen molar-refractivity contribution in [1.82, 2.24) is 9.80 Å². The van der Waals surface area contributed by atoms with Crippen molar-refractivity contribution in [3.8, 4) is 11.5 Å². The van der Waals surface area contributed by atoms with Crippen LogP contribution in [0.4, 0.5) is 5.69 Å². The predicted molar refractivity (Wildman–Crippen MR) is 157 cm³/mol. The van der Waals surface area contributed by atoms with E-state index < -0.39 is 6.04 Å². The summed E-state index contributed by atoms with van der Waals surface area (Å²) < 4.78 is 5.87. The number of ether oxygens (including phenoxy) is 1. The van der Waals surface area contributed by atoms with E-state index in [4.69, 9.17) is 10.5 Å². The maximum atomic E-state index is 13.8. The standard InChI is InChI=1S/C32H40N4O4/c1-3-40-31-12-7-5-10-27(31)22-34-17-8-18-36(24(2)37)30-11-6-4-9-26(30)23-35(20-19-34)32(39)29(33)21-25-13-15-28(38)16-14-25/h4-7,9-16,29,38H,3,8,17-23,33H2,1-2H3/t29-/m0/s1. The smallest absolute Gasteiger partial charge is 0.240 e. The van der Waals surface area contributed by atoms with Gasteiger partial charge in [0.1, 0.15) is 11.5 Å². The summed E-state index contributed by atoms with van der Waals surface area (Å²) in [5.74, 6) is 0.863. The molecule has 0 spiro atoms. The largest absolute Gasteiger partial charge is 0.508 e. The van der Waals surface area contributed by atoms with Crippen LogP contribution >= 0.6 is 0 Å². The Morgan fingerprint density at radius 3 is 2.42 bits per heavy atom. The number of fused-ring (bicyclic) bond motifs is 1. The molecule has 3 N–H and O–H groups in total. The van der Waals surface area contributed by atoms with Gasteiger partial charge in [-0.15, -0.1) is 0 Å². The molecule has 1 aliphatic rings. The van der Waals surface area contributed by atoms with Crippen molar-refractivity contribution in [2.75, 3.05) is 37.7 Å². The van der Waals surface area contributed by atoms with Gasteiger partial charge in [-0.25, -0.2) is 0 Å². The van der Waals surface area contributed by atoms with Gasteiger partial charge in [0, 0.05) is 57.4 Å². The number of nitrogens with two attached hydrogens (primary N) is 1. The van der Waals surface area contributed by atoms with Crippen molar-refractivity contribution in [3.05, 3.63) is 89.5 Å². The molecule has 8 nitrogen and oxygen atoms in total. The Morgan fingerprint density at radius 1 is 0.950 bits per heavy atom. The number of benzene rings is 3. The summed E-state index contributed by atoms with van der Waals surface area (Å²) in [6.45, 7) is 7.66. The normalized spacial score (nSPS) is 15.6. The van der Waals surface area contributed by atoms with Gasteiger partial charge in [-0.05, 0) is 55.2 Å². The monoisotopic (exact) mass is 544 g/mol. The molecule has 0 aliphatic carbocycles. The number of phenols is 1. The molecule has 1 aliphatic heterocycles. The van der Waals surface area contributed by atoms with Crippen molar-refractivity contribution in [2.24, 2.45) is 5.73 Å². The van der Waals surface area contributed by atoms with Crippen molar-refractivity contribution >= 4 is 17.5 Å². The quantitative estimate of drug-likeness (QED) is 0.467. The Bertz CT molecular complexity index is 1280. The lowest BCUT2D eigenvalue weighted by Gasteiger charge is -2.30. The van der Waals surface area contributed by atoms with Gasteiger partial charge < -0.3 is 25.4 Å². The van der Waals surface area contributed by atoms with E-state index in [1.54, 1.807) is 31.2 Å². The molecular formula is C32H40N4O4. The number of aromatic hydroxyl groups is 1. The summed E-state index contributed by atoms with van der Waals surface area (Å²) in [5, 5.41) is 9.62. The maximum absolute atomic E-state index is 13.8. The lowest BCUT2D eigenvalue weighted by Crippen LogP contribution is -2.47. The first-order chi connectivity index (χ1) is 19.4. The van der Waals surface area contributed by atoms with Crippen LogP contribution in [0.15, 0.2) is 72.8 Å². The zero-order valence-electron chi connectivity index (χ0n) is 23.5. The molecule has 3 aromatic rings. The van der Waals surface area contributed by atoms with E-state index in [1.165, 1.54) is 0 Å². The fraction of sp³-hybridized carbons (Fsp3) is 0.375. The van der Waals surface area contributed by atoms with Crippen LogP contribution in [-0.2, 0) is 29.1 Å². The van der Waals surface area contributed by atoms with Crippen LogP contribution in [0.5, 0.6) is 11.5 Å². The lowest BCUT2D eigenvalue weighted by atomic mass is 10.0. The topological polar surface area (TPSA) is 99.3 Å². The number of nitrogens with zero attached hydrogens (tertiary/aromatic N) is 3. The molecule has 3 aromatic carbocycles. The molecular weight excluding hydrogens is 504 g/mol. The second-order valence-corrected chi connectivity index (χ2v) is 10.2. The number of amides is 2. The maximum Gasteiger partial charge on any atom is 0.240 e. The fourth-order valence-corrected chi connectivity index (χ4v) is 5.19. The highest BCUT2D eigenvalue weighted by Gasteiger charge is 2.26. The van der Waals surface area contributed by atoms with Gasteiger partial charge >= 0.3 is 0 Å². The second kappa shape index (κ2) is 14.0. The first kappa shape index (κ1) is 29.1. The molecule has 0 saturated heterocycles. The SMILES string of the molecule is CCOc1ccccc1CN1CCCN(C(C)=O)c2ccccc2CN(C(=O)[C@@H](N)Cc2ccc(O)cc2)CC1. The third-order valence-corrected chi connectivity index (χ3v) is 7.25. The minimum Gasteiger partial charge on any atom is -0.508 e. The third kappa shape index (κ3) is 7.61. The van der Waals surface area contributed by atoms with E-state index >= 15 is 0 Å². The summed E-state index contributed by atoms with van der Waals surface area (Å²) in [5.41, 5.74) is 10.2. The molecule has 0 aromatic heterocycles. The molecule has 0 saturated carbocycles. The number of carbonyl (C=O) groups is 2. The number of anilines is 1. The molecule has 0 bridgehead atoms. The van der Waals surface area contributed by atoms with Crippen LogP contribution < -0.4 is 15.4 Å². The third-order valence-electron chi connectivity index (χ3n) is 7.25. The Balaban J connectivity index is 1.61. The van der Waals surface area contributed by atoms with E-state index in [9.17, 15) is 14.7 Å². The second-order valence-electron chi connectivity index (χ2n) is 10.2. The Morgan fingerprint density at radius 2 is 1.68 bits per heavy atom. The lowest BCUT2D eigenvalue weighted by molar-refractivity contribution is -0.133. The van der Waals surface area contributed by atoms with Gasteiger partial charge in [0.15, 0.2) is 0 Å². The number of hydrogen-bond acceptors (Lipinski definition) is 6. The number of carbonyl (C=O) groups excluding carboxylic acids is 2. The average Bonchev–Trinajstić information content (AvgIpc) is 2.98. The Labute approximate surface area is 236 Å². The van der Waals surface area contributed by atoms with Crippen LogP contribution in [0.1, 0.15) is 37.0 Å². The van der Waals surface area contributed by atoms with E-state index in [2.05, 4.69) is 11.0 Å². The number of para-hydroxylation sites is 2. The van der Waals surface area contributed by atoms with Crippen LogP contribution in [0, 0.1) is 0 Å². The average molecular weight is 545 g/mol. The van der Waals surface area contributed by atoms with Gasteiger partial charge in [-0.2, -0.15) is 0 Å². The van der Waals surface area contributed by atoms with Crippen molar-refractivity contribution in [1.29, 1.82) is 0 Å². The molecule has 0 radical (unpaired) electrons. The minimum absolute atomic E-state index is 0.0261. The van der Waals surface area contributed by atoms with Gasteiger partial charge in [-0.1, -0.05) is 48.5 Å². The fourth-order valence-electron chi connectivity index (χ4n) is 5.19. The van der Waals surface area contributed by atoms with Crippen LogP contribution in [0.25, 0.3) is 0 Å². The summed E-state index contributed by atoms with van der Waals surface area (Å²) in [4.78, 5) is 32.5. The van der Waals surface area contributed by atoms with Crippen molar-refractivity contribution < 1.29 is 19.4 Å². The predicted octanol–water partition coefficient (Wildman–Crippen LogP) is 3.95. The molecule has 1 atom stereocenters. The number of hydrogen-bond donors (Lipinski definition) is 2. The van der Waals surface area contributed by atoms with E-state index in [-0.39, 0.29) is 17.6 Å². The first-order valence-electron chi connectivity index (χ1n) is 14.0. The highest BCUT2D eigenvalue weighted by Crippen LogP contribution is 2.25.